The van der Waals surface area contributed by atoms with Gasteiger partial charge < -0.3 is 15.0 Å². The third-order valence-electron chi connectivity index (χ3n) is 5.25. The highest BCUT2D eigenvalue weighted by atomic mass is 16.5. The highest BCUT2D eigenvalue weighted by molar-refractivity contribution is 6.22. The van der Waals surface area contributed by atoms with E-state index in [0.717, 1.165) is 37.8 Å². The van der Waals surface area contributed by atoms with E-state index in [-0.39, 0.29) is 18.2 Å². The summed E-state index contributed by atoms with van der Waals surface area (Å²) in [6.45, 7) is 8.71. The van der Waals surface area contributed by atoms with E-state index in [9.17, 15) is 9.59 Å². The Kier molecular flexibility index (Phi) is 6.27. The van der Waals surface area contributed by atoms with Gasteiger partial charge in [0.05, 0.1) is 24.8 Å². The summed E-state index contributed by atoms with van der Waals surface area (Å²) in [6, 6.07) is 6.68. The Morgan fingerprint density at radius 3 is 2.50 bits per heavy atom. The van der Waals surface area contributed by atoms with Gasteiger partial charge in [-0.1, -0.05) is 6.92 Å². The first-order valence-corrected chi connectivity index (χ1v) is 9.64. The van der Waals surface area contributed by atoms with Gasteiger partial charge in [-0.15, -0.1) is 0 Å². The average Bonchev–Trinajstić information content (AvgIpc) is 2.92. The van der Waals surface area contributed by atoms with Gasteiger partial charge in [0, 0.05) is 13.1 Å². The fourth-order valence-corrected chi connectivity index (χ4v) is 3.60. The predicted molar refractivity (Wildman–Crippen MR) is 101 cm³/mol. The Morgan fingerprint density at radius 1 is 1.15 bits per heavy atom. The number of hydrogen-bond acceptors (Lipinski definition) is 5. The van der Waals surface area contributed by atoms with Crippen LogP contribution in [0.25, 0.3) is 0 Å². The second-order valence-electron chi connectivity index (χ2n) is 7.23. The lowest BCUT2D eigenvalue weighted by molar-refractivity contribution is -0.121. The molecule has 1 aromatic rings. The van der Waals surface area contributed by atoms with E-state index < -0.39 is 6.04 Å². The number of piperidine rings is 1. The molecule has 1 atom stereocenters. The molecule has 0 saturated carbocycles. The van der Waals surface area contributed by atoms with Crippen LogP contribution in [-0.2, 0) is 9.59 Å². The zero-order valence-electron chi connectivity index (χ0n) is 15.7. The minimum Gasteiger partial charge on any atom is -0.494 e. The topological polar surface area (TPSA) is 61.9 Å². The van der Waals surface area contributed by atoms with Gasteiger partial charge in [-0.3, -0.25) is 9.59 Å². The van der Waals surface area contributed by atoms with Crippen molar-refractivity contribution in [2.24, 2.45) is 5.92 Å². The Morgan fingerprint density at radius 2 is 1.85 bits per heavy atom. The number of amides is 2. The monoisotopic (exact) mass is 359 g/mol. The first-order valence-electron chi connectivity index (χ1n) is 9.64. The summed E-state index contributed by atoms with van der Waals surface area (Å²) in [5, 5.41) is 3.27. The molecule has 2 heterocycles. The van der Waals surface area contributed by atoms with E-state index in [0.29, 0.717) is 12.3 Å². The van der Waals surface area contributed by atoms with Gasteiger partial charge in [0.2, 0.25) is 5.91 Å². The molecule has 0 unspecified atom stereocenters. The van der Waals surface area contributed by atoms with Crippen molar-refractivity contribution in [3.8, 4) is 5.75 Å². The maximum Gasteiger partial charge on any atom is 0.251 e. The van der Waals surface area contributed by atoms with E-state index in [2.05, 4.69) is 17.1 Å². The Labute approximate surface area is 155 Å². The van der Waals surface area contributed by atoms with Crippen molar-refractivity contribution in [1.29, 1.82) is 0 Å². The molecular formula is C20H29N3O3. The van der Waals surface area contributed by atoms with Gasteiger partial charge in [0.1, 0.15) is 5.75 Å². The Balaban J connectivity index is 1.51. The number of benzene rings is 1. The van der Waals surface area contributed by atoms with Crippen LogP contribution in [0, 0.1) is 5.92 Å². The number of anilines is 1. The molecule has 6 heteroatoms. The number of ether oxygens (including phenoxy) is 1. The average molecular weight is 359 g/mol. The van der Waals surface area contributed by atoms with Crippen molar-refractivity contribution in [2.75, 3.05) is 37.7 Å². The van der Waals surface area contributed by atoms with Gasteiger partial charge in [-0.05, 0) is 63.0 Å². The molecule has 2 aliphatic heterocycles. The van der Waals surface area contributed by atoms with Crippen LogP contribution in [0.3, 0.4) is 0 Å². The van der Waals surface area contributed by atoms with Crippen molar-refractivity contribution in [2.45, 2.75) is 39.2 Å². The van der Waals surface area contributed by atoms with Crippen LogP contribution >= 0.6 is 0 Å². The largest absolute Gasteiger partial charge is 0.494 e. The molecule has 142 valence electrons. The quantitative estimate of drug-likeness (QED) is 0.755. The molecule has 2 amide bonds. The maximum atomic E-state index is 12.6. The minimum atomic E-state index is -0.419. The van der Waals surface area contributed by atoms with Gasteiger partial charge in [-0.25, -0.2) is 4.90 Å². The first kappa shape index (κ1) is 18.9. The van der Waals surface area contributed by atoms with E-state index in [1.165, 1.54) is 17.7 Å². The summed E-state index contributed by atoms with van der Waals surface area (Å²) in [5.74, 6) is 1.24. The van der Waals surface area contributed by atoms with Crippen molar-refractivity contribution in [3.05, 3.63) is 24.3 Å². The SMILES string of the molecule is CCOc1ccc(N2C(=O)C[C@@H](NCCN3CCC(C)CC3)C2=O)cc1. The van der Waals surface area contributed by atoms with Crippen molar-refractivity contribution in [1.82, 2.24) is 10.2 Å². The minimum absolute atomic E-state index is 0.150. The third kappa shape index (κ3) is 4.43. The standard InChI is InChI=1S/C20H29N3O3/c1-3-26-17-6-4-16(5-7-17)23-19(24)14-18(20(23)25)21-10-13-22-11-8-15(2)9-12-22/h4-7,15,18,21H,3,8-14H2,1-2H3/t18-/m1/s1. The number of nitrogens with one attached hydrogen (secondary N) is 1. The fourth-order valence-electron chi connectivity index (χ4n) is 3.60. The molecule has 0 radical (unpaired) electrons. The zero-order valence-corrected chi connectivity index (χ0v) is 15.7. The lowest BCUT2D eigenvalue weighted by atomic mass is 9.99. The van der Waals surface area contributed by atoms with Gasteiger partial charge in [0.25, 0.3) is 5.91 Å². The van der Waals surface area contributed by atoms with Crippen LogP contribution in [0.5, 0.6) is 5.75 Å². The fraction of sp³-hybridized carbons (Fsp3) is 0.600. The summed E-state index contributed by atoms with van der Waals surface area (Å²) >= 11 is 0. The van der Waals surface area contributed by atoms with Crippen molar-refractivity contribution < 1.29 is 14.3 Å². The van der Waals surface area contributed by atoms with Crippen LogP contribution in [0.1, 0.15) is 33.1 Å². The molecule has 0 aromatic heterocycles. The Bertz CT molecular complexity index is 624. The van der Waals surface area contributed by atoms with Gasteiger partial charge in [-0.2, -0.15) is 0 Å². The van der Waals surface area contributed by atoms with Gasteiger partial charge in [0.15, 0.2) is 0 Å². The van der Waals surface area contributed by atoms with E-state index in [1.807, 2.05) is 6.92 Å². The zero-order chi connectivity index (χ0) is 18.5. The molecule has 1 N–H and O–H groups in total. The summed E-state index contributed by atoms with van der Waals surface area (Å²) in [6.07, 6.45) is 2.71. The number of carbonyl (C=O) groups is 2. The summed E-state index contributed by atoms with van der Waals surface area (Å²) in [4.78, 5) is 28.7. The molecule has 2 saturated heterocycles. The third-order valence-corrected chi connectivity index (χ3v) is 5.25. The number of rotatable bonds is 7. The summed E-state index contributed by atoms with van der Waals surface area (Å²) in [7, 11) is 0. The van der Waals surface area contributed by atoms with Crippen LogP contribution in [0.2, 0.25) is 0 Å². The molecule has 6 nitrogen and oxygen atoms in total. The first-order chi connectivity index (χ1) is 12.6. The smallest absolute Gasteiger partial charge is 0.251 e. The molecule has 3 rings (SSSR count). The van der Waals surface area contributed by atoms with Crippen molar-refractivity contribution >= 4 is 17.5 Å². The van der Waals surface area contributed by atoms with E-state index in [4.69, 9.17) is 4.74 Å². The second-order valence-corrected chi connectivity index (χ2v) is 7.23. The normalized spacial score (nSPS) is 22.2. The lowest BCUT2D eigenvalue weighted by Gasteiger charge is -2.30. The second kappa shape index (κ2) is 8.64. The lowest BCUT2D eigenvalue weighted by Crippen LogP contribution is -2.43. The van der Waals surface area contributed by atoms with Crippen LogP contribution in [0.15, 0.2) is 24.3 Å². The molecular weight excluding hydrogens is 330 g/mol. The molecule has 0 bridgehead atoms. The Hall–Kier alpha value is -1.92. The molecule has 2 fully saturated rings. The number of carbonyl (C=O) groups excluding carboxylic acids is 2. The van der Waals surface area contributed by atoms with Crippen LogP contribution in [-0.4, -0.2) is 55.5 Å². The van der Waals surface area contributed by atoms with Crippen molar-refractivity contribution in [3.63, 3.8) is 0 Å². The van der Waals surface area contributed by atoms with E-state index >= 15 is 0 Å². The molecule has 1 aromatic carbocycles. The number of hydrogen-bond donors (Lipinski definition) is 1. The molecule has 0 spiro atoms. The van der Waals surface area contributed by atoms with Gasteiger partial charge >= 0.3 is 0 Å². The molecule has 0 aliphatic carbocycles. The number of nitrogens with zero attached hydrogens (tertiary/aromatic N) is 2. The van der Waals surface area contributed by atoms with Crippen LogP contribution in [0.4, 0.5) is 5.69 Å². The molecule has 2 aliphatic rings. The highest BCUT2D eigenvalue weighted by Gasteiger charge is 2.39. The summed E-state index contributed by atoms with van der Waals surface area (Å²) in [5.41, 5.74) is 0.609. The molecule has 26 heavy (non-hydrogen) atoms. The number of imide groups is 1. The highest BCUT2D eigenvalue weighted by Crippen LogP contribution is 2.25. The van der Waals surface area contributed by atoms with E-state index in [1.54, 1.807) is 24.3 Å². The maximum absolute atomic E-state index is 12.6. The summed E-state index contributed by atoms with van der Waals surface area (Å²) < 4.78 is 5.41. The van der Waals surface area contributed by atoms with Crippen LogP contribution < -0.4 is 15.0 Å². The number of likely N-dealkylation sites (tertiary alicyclic amines) is 1. The predicted octanol–water partition coefficient (Wildman–Crippen LogP) is 2.04.